The van der Waals surface area contributed by atoms with Gasteiger partial charge in [0.1, 0.15) is 5.60 Å². The summed E-state index contributed by atoms with van der Waals surface area (Å²) >= 11 is 0. The summed E-state index contributed by atoms with van der Waals surface area (Å²) in [5, 5.41) is 0. The predicted molar refractivity (Wildman–Crippen MR) is 66.0 cm³/mol. The highest BCUT2D eigenvalue weighted by Gasteiger charge is 2.20. The third kappa shape index (κ3) is 3.74. The second-order valence-electron chi connectivity index (χ2n) is 4.28. The summed E-state index contributed by atoms with van der Waals surface area (Å²) in [4.78, 5) is 0. The highest BCUT2D eigenvalue weighted by atomic mass is 16.5. The first kappa shape index (κ1) is 12.8. The molecule has 0 fully saturated rings. The fourth-order valence-corrected chi connectivity index (χ4v) is 1.51. The topological polar surface area (TPSA) is 44.5 Å². The Morgan fingerprint density at radius 2 is 1.81 bits per heavy atom. The molecule has 0 saturated carbocycles. The number of hydrogen-bond donors (Lipinski definition) is 1. The summed E-state index contributed by atoms with van der Waals surface area (Å²) in [5.41, 5.74) is 5.29. The van der Waals surface area contributed by atoms with Crippen molar-refractivity contribution in [2.75, 3.05) is 13.2 Å². The van der Waals surface area contributed by atoms with Crippen molar-refractivity contribution < 1.29 is 9.47 Å². The zero-order valence-corrected chi connectivity index (χ0v) is 10.3. The monoisotopic (exact) mass is 223 g/mol. The number of rotatable bonds is 6. The van der Waals surface area contributed by atoms with Crippen LogP contribution in [0.2, 0.25) is 0 Å². The molecule has 0 amide bonds. The summed E-state index contributed by atoms with van der Waals surface area (Å²) in [6.07, 6.45) is 0.813. The average Bonchev–Trinajstić information content (AvgIpc) is 2.20. The molecule has 0 spiro atoms. The maximum atomic E-state index is 5.92. The molecule has 1 aromatic rings. The first-order valence-corrected chi connectivity index (χ1v) is 5.70. The lowest BCUT2D eigenvalue weighted by Crippen LogP contribution is -2.31. The van der Waals surface area contributed by atoms with E-state index in [-0.39, 0.29) is 5.60 Å². The van der Waals surface area contributed by atoms with Crippen LogP contribution in [0.25, 0.3) is 0 Å². The van der Waals surface area contributed by atoms with Crippen molar-refractivity contribution in [3.8, 4) is 11.5 Å². The Bertz CT molecular complexity index is 323. The van der Waals surface area contributed by atoms with Gasteiger partial charge >= 0.3 is 0 Å². The van der Waals surface area contributed by atoms with Crippen molar-refractivity contribution >= 4 is 0 Å². The predicted octanol–water partition coefficient (Wildman–Crippen LogP) is 2.59. The second-order valence-corrected chi connectivity index (χ2v) is 4.28. The number of para-hydroxylation sites is 2. The fourth-order valence-electron chi connectivity index (χ4n) is 1.51. The van der Waals surface area contributed by atoms with Gasteiger partial charge in [0, 0.05) is 0 Å². The zero-order chi connectivity index (χ0) is 12.0. The third-order valence-corrected chi connectivity index (χ3v) is 2.28. The highest BCUT2D eigenvalue weighted by Crippen LogP contribution is 2.30. The van der Waals surface area contributed by atoms with Crippen molar-refractivity contribution in [3.05, 3.63) is 24.3 Å². The molecule has 0 saturated heterocycles. The van der Waals surface area contributed by atoms with Gasteiger partial charge in [-0.25, -0.2) is 0 Å². The zero-order valence-electron chi connectivity index (χ0n) is 10.3. The van der Waals surface area contributed by atoms with Crippen molar-refractivity contribution in [2.45, 2.75) is 32.8 Å². The van der Waals surface area contributed by atoms with Gasteiger partial charge in [-0.3, -0.25) is 0 Å². The molecule has 2 N–H and O–H groups in total. The lowest BCUT2D eigenvalue weighted by atomic mass is 10.1. The van der Waals surface area contributed by atoms with Crippen molar-refractivity contribution in [2.24, 2.45) is 5.73 Å². The normalized spacial score (nSPS) is 11.2. The molecular formula is C13H21NO2. The van der Waals surface area contributed by atoms with E-state index in [1.807, 2.05) is 45.0 Å². The van der Waals surface area contributed by atoms with Crippen LogP contribution in [-0.2, 0) is 0 Å². The van der Waals surface area contributed by atoms with Crippen molar-refractivity contribution in [1.82, 2.24) is 0 Å². The van der Waals surface area contributed by atoms with Gasteiger partial charge in [0.05, 0.1) is 6.61 Å². The molecule has 0 atom stereocenters. The molecular weight excluding hydrogens is 202 g/mol. The molecule has 1 aromatic carbocycles. The Kier molecular flexibility index (Phi) is 4.62. The summed E-state index contributed by atoms with van der Waals surface area (Å²) in [5.74, 6) is 1.57. The Labute approximate surface area is 97.6 Å². The molecule has 3 nitrogen and oxygen atoms in total. The van der Waals surface area contributed by atoms with E-state index in [0.29, 0.717) is 13.2 Å². The lowest BCUT2D eigenvalue weighted by Gasteiger charge is -2.27. The largest absolute Gasteiger partial charge is 0.490 e. The Balaban J connectivity index is 2.79. The summed E-state index contributed by atoms with van der Waals surface area (Å²) in [6.45, 7) is 7.27. The van der Waals surface area contributed by atoms with Crippen LogP contribution in [0.1, 0.15) is 27.2 Å². The molecule has 3 heteroatoms. The Morgan fingerprint density at radius 1 is 1.19 bits per heavy atom. The standard InChI is InChI=1S/C13H21NO2/c1-4-15-11-7-5-6-8-12(11)16-13(2,3)9-10-14/h5-8H,4,9-10,14H2,1-3H3. The van der Waals surface area contributed by atoms with Crippen LogP contribution >= 0.6 is 0 Å². The van der Waals surface area contributed by atoms with Crippen LogP contribution in [0.15, 0.2) is 24.3 Å². The maximum absolute atomic E-state index is 5.92. The highest BCUT2D eigenvalue weighted by molar-refractivity contribution is 5.39. The van der Waals surface area contributed by atoms with E-state index < -0.39 is 0 Å². The van der Waals surface area contributed by atoms with E-state index in [1.165, 1.54) is 0 Å². The Hall–Kier alpha value is -1.22. The molecule has 90 valence electrons. The first-order chi connectivity index (χ1) is 7.59. The minimum Gasteiger partial charge on any atom is -0.490 e. The van der Waals surface area contributed by atoms with E-state index >= 15 is 0 Å². The van der Waals surface area contributed by atoms with E-state index in [2.05, 4.69) is 0 Å². The van der Waals surface area contributed by atoms with Crippen LogP contribution in [0.4, 0.5) is 0 Å². The quantitative estimate of drug-likeness (QED) is 0.806. The maximum Gasteiger partial charge on any atom is 0.161 e. The molecule has 0 heterocycles. The minimum absolute atomic E-state index is 0.262. The number of ether oxygens (including phenoxy) is 2. The molecule has 16 heavy (non-hydrogen) atoms. The van der Waals surface area contributed by atoms with Crippen LogP contribution in [-0.4, -0.2) is 18.8 Å². The first-order valence-electron chi connectivity index (χ1n) is 5.70. The van der Waals surface area contributed by atoms with Gasteiger partial charge in [-0.05, 0) is 45.9 Å². The third-order valence-electron chi connectivity index (χ3n) is 2.28. The van der Waals surface area contributed by atoms with Crippen molar-refractivity contribution in [3.63, 3.8) is 0 Å². The van der Waals surface area contributed by atoms with Gasteiger partial charge in [0.15, 0.2) is 11.5 Å². The number of nitrogens with two attached hydrogens (primary N) is 1. The van der Waals surface area contributed by atoms with Gasteiger partial charge in [-0.1, -0.05) is 12.1 Å². The van der Waals surface area contributed by atoms with E-state index in [9.17, 15) is 0 Å². The smallest absolute Gasteiger partial charge is 0.161 e. The summed E-state index contributed by atoms with van der Waals surface area (Å²) in [6, 6.07) is 7.71. The van der Waals surface area contributed by atoms with Gasteiger partial charge in [-0.15, -0.1) is 0 Å². The van der Waals surface area contributed by atoms with E-state index in [1.54, 1.807) is 0 Å². The molecule has 0 radical (unpaired) electrons. The molecule has 0 aromatic heterocycles. The van der Waals surface area contributed by atoms with Gasteiger partial charge in [0.25, 0.3) is 0 Å². The summed E-state index contributed by atoms with van der Waals surface area (Å²) in [7, 11) is 0. The molecule has 0 aliphatic rings. The Morgan fingerprint density at radius 3 is 2.38 bits per heavy atom. The fraction of sp³-hybridized carbons (Fsp3) is 0.538. The minimum atomic E-state index is -0.262. The van der Waals surface area contributed by atoms with Gasteiger partial charge < -0.3 is 15.2 Å². The molecule has 0 unspecified atom stereocenters. The molecule has 0 bridgehead atoms. The van der Waals surface area contributed by atoms with Crippen LogP contribution < -0.4 is 15.2 Å². The van der Waals surface area contributed by atoms with Crippen LogP contribution in [0.3, 0.4) is 0 Å². The van der Waals surface area contributed by atoms with Gasteiger partial charge in [-0.2, -0.15) is 0 Å². The molecule has 0 aliphatic carbocycles. The SMILES string of the molecule is CCOc1ccccc1OC(C)(C)CCN. The van der Waals surface area contributed by atoms with Crippen molar-refractivity contribution in [1.29, 1.82) is 0 Å². The molecule has 1 rings (SSSR count). The number of hydrogen-bond acceptors (Lipinski definition) is 3. The van der Waals surface area contributed by atoms with Gasteiger partial charge in [0.2, 0.25) is 0 Å². The van der Waals surface area contributed by atoms with Crippen LogP contribution in [0.5, 0.6) is 11.5 Å². The summed E-state index contributed by atoms with van der Waals surface area (Å²) < 4.78 is 11.4. The van der Waals surface area contributed by atoms with E-state index in [0.717, 1.165) is 17.9 Å². The lowest BCUT2D eigenvalue weighted by molar-refractivity contribution is 0.0968. The molecule has 0 aliphatic heterocycles. The van der Waals surface area contributed by atoms with E-state index in [4.69, 9.17) is 15.2 Å². The van der Waals surface area contributed by atoms with Crippen LogP contribution in [0, 0.1) is 0 Å². The second kappa shape index (κ2) is 5.75. The average molecular weight is 223 g/mol. The number of benzene rings is 1.